The summed E-state index contributed by atoms with van der Waals surface area (Å²) in [5, 5.41) is 0. The maximum atomic E-state index is 12.6. The molecule has 6 heteroatoms. The van der Waals surface area contributed by atoms with Gasteiger partial charge in [0, 0.05) is 32.7 Å². The van der Waals surface area contributed by atoms with Gasteiger partial charge in [-0.15, -0.1) is 0 Å². The van der Waals surface area contributed by atoms with Crippen molar-refractivity contribution in [2.45, 2.75) is 33.1 Å². The summed E-state index contributed by atoms with van der Waals surface area (Å²) < 4.78 is 0. The highest BCUT2D eigenvalue weighted by Gasteiger charge is 2.29. The Kier molecular flexibility index (Phi) is 5.57. The molecule has 0 aromatic carbocycles. The third kappa shape index (κ3) is 4.08. The molecule has 0 radical (unpaired) electrons. The van der Waals surface area contributed by atoms with Crippen LogP contribution in [0.2, 0.25) is 0 Å². The molecule has 1 saturated heterocycles. The fourth-order valence-electron chi connectivity index (χ4n) is 2.92. The first-order chi connectivity index (χ1) is 10.5. The Labute approximate surface area is 131 Å². The molecule has 0 saturated carbocycles. The van der Waals surface area contributed by atoms with Crippen LogP contribution in [0.5, 0.6) is 0 Å². The van der Waals surface area contributed by atoms with Crippen molar-refractivity contribution in [3.63, 3.8) is 0 Å². The first kappa shape index (κ1) is 16.5. The number of aromatic amines is 1. The molecular weight excluding hydrogens is 280 g/mol. The number of H-pyrrole nitrogens is 1. The zero-order chi connectivity index (χ0) is 16.1. The molecule has 122 valence electrons. The second-order valence-electron chi connectivity index (χ2n) is 6.29. The smallest absolute Gasteiger partial charge is 0.252 e. The van der Waals surface area contributed by atoms with Gasteiger partial charge in [0.15, 0.2) is 0 Å². The third-order valence-corrected chi connectivity index (χ3v) is 4.42. The van der Waals surface area contributed by atoms with Gasteiger partial charge in [-0.1, -0.05) is 20.3 Å². The van der Waals surface area contributed by atoms with Gasteiger partial charge in [-0.3, -0.25) is 9.59 Å². The number of amides is 1. The number of hydrogen-bond donors (Lipinski definition) is 1. The van der Waals surface area contributed by atoms with Crippen LogP contribution >= 0.6 is 0 Å². The van der Waals surface area contributed by atoms with E-state index in [4.69, 9.17) is 0 Å². The van der Waals surface area contributed by atoms with Crippen molar-refractivity contribution < 1.29 is 4.79 Å². The van der Waals surface area contributed by atoms with Gasteiger partial charge in [0.2, 0.25) is 5.91 Å². The minimum Gasteiger partial charge on any atom is -0.356 e. The SMILES string of the molecule is CCC(C)CN(C)C(=O)C1CCCN(c2cc(=O)[nH]cn2)C1. The van der Waals surface area contributed by atoms with Crippen LogP contribution in [-0.4, -0.2) is 47.5 Å². The summed E-state index contributed by atoms with van der Waals surface area (Å²) in [6, 6.07) is 1.50. The Morgan fingerprint density at radius 1 is 1.59 bits per heavy atom. The Morgan fingerprint density at radius 2 is 2.36 bits per heavy atom. The van der Waals surface area contributed by atoms with Crippen molar-refractivity contribution in [3.05, 3.63) is 22.7 Å². The molecule has 1 aliphatic heterocycles. The van der Waals surface area contributed by atoms with Gasteiger partial charge in [-0.05, 0) is 18.8 Å². The molecule has 0 spiro atoms. The normalized spacial score (nSPS) is 19.8. The second-order valence-corrected chi connectivity index (χ2v) is 6.29. The van der Waals surface area contributed by atoms with E-state index < -0.39 is 0 Å². The number of rotatable bonds is 5. The van der Waals surface area contributed by atoms with Crippen LogP contribution in [0.15, 0.2) is 17.2 Å². The molecular formula is C16H26N4O2. The molecule has 1 aromatic rings. The lowest BCUT2D eigenvalue weighted by Crippen LogP contribution is -2.45. The van der Waals surface area contributed by atoms with Crippen LogP contribution in [0.3, 0.4) is 0 Å². The maximum absolute atomic E-state index is 12.6. The number of piperidine rings is 1. The van der Waals surface area contributed by atoms with Crippen molar-refractivity contribution in [1.82, 2.24) is 14.9 Å². The van der Waals surface area contributed by atoms with Gasteiger partial charge < -0.3 is 14.8 Å². The number of carbonyl (C=O) groups is 1. The number of hydrogen-bond acceptors (Lipinski definition) is 4. The molecule has 2 unspecified atom stereocenters. The molecule has 1 aromatic heterocycles. The average molecular weight is 306 g/mol. The minimum absolute atomic E-state index is 0.0103. The van der Waals surface area contributed by atoms with Crippen molar-refractivity contribution in [1.29, 1.82) is 0 Å². The zero-order valence-electron chi connectivity index (χ0n) is 13.7. The predicted molar refractivity (Wildman–Crippen MR) is 86.9 cm³/mol. The summed E-state index contributed by atoms with van der Waals surface area (Å²) in [6.45, 7) is 6.59. The van der Waals surface area contributed by atoms with Crippen molar-refractivity contribution >= 4 is 11.7 Å². The molecule has 0 aliphatic carbocycles. The summed E-state index contributed by atoms with van der Waals surface area (Å²) in [7, 11) is 1.89. The average Bonchev–Trinajstić information content (AvgIpc) is 2.54. The zero-order valence-corrected chi connectivity index (χ0v) is 13.7. The predicted octanol–water partition coefficient (Wildman–Crippen LogP) is 1.49. The molecule has 22 heavy (non-hydrogen) atoms. The summed E-state index contributed by atoms with van der Waals surface area (Å²) >= 11 is 0. The number of aromatic nitrogens is 2. The van der Waals surface area contributed by atoms with E-state index in [2.05, 4.69) is 23.8 Å². The fourth-order valence-corrected chi connectivity index (χ4v) is 2.92. The molecule has 2 atom stereocenters. The van der Waals surface area contributed by atoms with Gasteiger partial charge in [0.1, 0.15) is 5.82 Å². The molecule has 1 aliphatic rings. The highest BCUT2D eigenvalue weighted by molar-refractivity contribution is 5.79. The lowest BCUT2D eigenvalue weighted by atomic mass is 9.96. The van der Waals surface area contributed by atoms with Gasteiger partial charge in [0.05, 0.1) is 12.2 Å². The first-order valence-electron chi connectivity index (χ1n) is 8.06. The number of nitrogens with one attached hydrogen (secondary N) is 1. The standard InChI is InChI=1S/C16H26N4O2/c1-4-12(2)9-19(3)16(22)13-6-5-7-20(10-13)14-8-15(21)18-11-17-14/h8,11-13H,4-7,9-10H2,1-3H3,(H,17,18,21). The van der Waals surface area contributed by atoms with E-state index in [1.165, 1.54) is 12.4 Å². The molecule has 6 nitrogen and oxygen atoms in total. The van der Waals surface area contributed by atoms with Gasteiger partial charge in [-0.25, -0.2) is 4.98 Å². The Morgan fingerprint density at radius 3 is 3.05 bits per heavy atom. The van der Waals surface area contributed by atoms with Crippen LogP contribution in [0, 0.1) is 11.8 Å². The van der Waals surface area contributed by atoms with Crippen LogP contribution in [0.25, 0.3) is 0 Å². The van der Waals surface area contributed by atoms with E-state index >= 15 is 0 Å². The van der Waals surface area contributed by atoms with E-state index in [1.807, 2.05) is 16.8 Å². The third-order valence-electron chi connectivity index (χ3n) is 4.42. The van der Waals surface area contributed by atoms with Crippen molar-refractivity contribution in [2.24, 2.45) is 11.8 Å². The van der Waals surface area contributed by atoms with Crippen LogP contribution < -0.4 is 10.5 Å². The Balaban J connectivity index is 2.01. The van der Waals surface area contributed by atoms with Crippen molar-refractivity contribution in [2.75, 3.05) is 31.6 Å². The van der Waals surface area contributed by atoms with Crippen molar-refractivity contribution in [3.8, 4) is 0 Å². The molecule has 1 amide bonds. The molecule has 0 bridgehead atoms. The van der Waals surface area contributed by atoms with E-state index in [9.17, 15) is 9.59 Å². The van der Waals surface area contributed by atoms with Gasteiger partial charge >= 0.3 is 0 Å². The summed E-state index contributed by atoms with van der Waals surface area (Å²) in [5.74, 6) is 1.37. The van der Waals surface area contributed by atoms with Crippen LogP contribution in [0.4, 0.5) is 5.82 Å². The molecule has 2 rings (SSSR count). The maximum Gasteiger partial charge on any atom is 0.252 e. The van der Waals surface area contributed by atoms with Gasteiger partial charge in [0.25, 0.3) is 5.56 Å². The molecule has 1 fully saturated rings. The first-order valence-corrected chi connectivity index (χ1v) is 8.06. The van der Waals surface area contributed by atoms with E-state index in [-0.39, 0.29) is 17.4 Å². The summed E-state index contributed by atoms with van der Waals surface area (Å²) in [6.07, 6.45) is 4.34. The monoisotopic (exact) mass is 306 g/mol. The Bertz CT molecular complexity index is 557. The topological polar surface area (TPSA) is 69.3 Å². The van der Waals surface area contributed by atoms with Crippen LogP contribution in [-0.2, 0) is 4.79 Å². The number of nitrogens with zero attached hydrogens (tertiary/aromatic N) is 3. The van der Waals surface area contributed by atoms with Crippen LogP contribution in [0.1, 0.15) is 33.1 Å². The quantitative estimate of drug-likeness (QED) is 0.895. The highest BCUT2D eigenvalue weighted by Crippen LogP contribution is 2.22. The summed E-state index contributed by atoms with van der Waals surface area (Å²) in [4.78, 5) is 34.6. The van der Waals surface area contributed by atoms with E-state index in [1.54, 1.807) is 0 Å². The summed E-state index contributed by atoms with van der Waals surface area (Å²) in [5.41, 5.74) is -0.160. The second kappa shape index (κ2) is 7.42. The lowest BCUT2D eigenvalue weighted by Gasteiger charge is -2.35. The number of carbonyl (C=O) groups excluding carboxylic acids is 1. The molecule has 2 heterocycles. The van der Waals surface area contributed by atoms with E-state index in [0.29, 0.717) is 18.3 Å². The lowest BCUT2D eigenvalue weighted by molar-refractivity contribution is -0.135. The minimum atomic E-state index is -0.160. The van der Waals surface area contributed by atoms with Gasteiger partial charge in [-0.2, -0.15) is 0 Å². The van der Waals surface area contributed by atoms with E-state index in [0.717, 1.165) is 32.4 Å². The number of anilines is 1. The Hall–Kier alpha value is -1.85. The fraction of sp³-hybridized carbons (Fsp3) is 0.688. The molecule has 1 N–H and O–H groups in total. The largest absolute Gasteiger partial charge is 0.356 e. The highest BCUT2D eigenvalue weighted by atomic mass is 16.2.